The number of rotatable bonds is 8. The van der Waals surface area contributed by atoms with Crippen LogP contribution < -0.4 is 5.32 Å². The second-order valence-corrected chi connectivity index (χ2v) is 6.17. The van der Waals surface area contributed by atoms with Crippen molar-refractivity contribution in [1.82, 2.24) is 5.32 Å². The van der Waals surface area contributed by atoms with E-state index in [1.54, 1.807) is 0 Å². The van der Waals surface area contributed by atoms with Crippen LogP contribution in [0.1, 0.15) is 18.1 Å². The van der Waals surface area contributed by atoms with Gasteiger partial charge in [-0.1, -0.05) is 30.3 Å². The van der Waals surface area contributed by atoms with Crippen molar-refractivity contribution in [3.05, 3.63) is 58.3 Å². The summed E-state index contributed by atoms with van der Waals surface area (Å²) in [6, 6.07) is 10.6. The molecule has 0 fully saturated rings. The van der Waals surface area contributed by atoms with Gasteiger partial charge in [-0.25, -0.2) is 0 Å². The van der Waals surface area contributed by atoms with Gasteiger partial charge in [0.15, 0.2) is 12.4 Å². The van der Waals surface area contributed by atoms with Crippen molar-refractivity contribution in [3.8, 4) is 0 Å². The molecule has 0 aliphatic rings. The fourth-order valence-electron chi connectivity index (χ4n) is 2.14. The van der Waals surface area contributed by atoms with E-state index in [4.69, 9.17) is 4.74 Å². The van der Waals surface area contributed by atoms with Gasteiger partial charge in [-0.05, 0) is 41.3 Å². The van der Waals surface area contributed by atoms with E-state index in [-0.39, 0.29) is 18.8 Å². The fourth-order valence-corrected chi connectivity index (χ4v) is 2.81. The molecule has 126 valence electrons. The first-order valence-corrected chi connectivity index (χ1v) is 8.49. The second kappa shape index (κ2) is 8.98. The lowest BCUT2D eigenvalue weighted by Gasteiger charge is -2.16. The van der Waals surface area contributed by atoms with Gasteiger partial charge in [0.25, 0.3) is 5.91 Å². The molecule has 0 spiro atoms. The first kappa shape index (κ1) is 17.9. The second-order valence-electron chi connectivity index (χ2n) is 5.39. The lowest BCUT2D eigenvalue weighted by molar-refractivity contribution is -0.148. The smallest absolute Gasteiger partial charge is 0.310 e. The van der Waals surface area contributed by atoms with Gasteiger partial charge in [0.2, 0.25) is 0 Å². The van der Waals surface area contributed by atoms with Gasteiger partial charge in [-0.3, -0.25) is 14.4 Å². The highest BCUT2D eigenvalue weighted by Gasteiger charge is 2.18. The minimum Gasteiger partial charge on any atom is -0.455 e. The zero-order valence-electron chi connectivity index (χ0n) is 13.4. The Labute approximate surface area is 144 Å². The predicted octanol–water partition coefficient (Wildman–Crippen LogP) is 2.15. The summed E-state index contributed by atoms with van der Waals surface area (Å²) in [4.78, 5) is 35.3. The molecule has 1 atom stereocenters. The summed E-state index contributed by atoms with van der Waals surface area (Å²) in [5, 5.41) is 6.34. The number of hydrogen-bond donors (Lipinski definition) is 1. The first-order chi connectivity index (χ1) is 11.5. The lowest BCUT2D eigenvalue weighted by Crippen LogP contribution is -2.43. The summed E-state index contributed by atoms with van der Waals surface area (Å²) in [7, 11) is 0. The number of ketones is 1. The number of amides is 1. The highest BCUT2D eigenvalue weighted by Crippen LogP contribution is 2.07. The van der Waals surface area contributed by atoms with Crippen LogP contribution in [0.5, 0.6) is 0 Å². The number of benzene rings is 1. The molecular formula is C18H19NO4S. The quantitative estimate of drug-likeness (QED) is 0.744. The molecule has 0 aliphatic heterocycles. The number of Topliss-reactive ketones (excluding diaryl/α,β-unsaturated/α-hetero) is 1. The van der Waals surface area contributed by atoms with E-state index in [1.165, 1.54) is 18.3 Å². The number of hydrogen-bond acceptors (Lipinski definition) is 5. The average Bonchev–Trinajstić information content (AvgIpc) is 3.06. The zero-order valence-corrected chi connectivity index (χ0v) is 14.2. The Balaban J connectivity index is 1.80. The Kier molecular flexibility index (Phi) is 6.69. The van der Waals surface area contributed by atoms with Crippen LogP contribution in [0.15, 0.2) is 47.2 Å². The molecule has 2 aromatic rings. The molecule has 0 saturated heterocycles. The maximum atomic E-state index is 11.9. The van der Waals surface area contributed by atoms with Crippen LogP contribution >= 0.6 is 11.3 Å². The maximum Gasteiger partial charge on any atom is 0.310 e. The number of esters is 1. The molecule has 5 nitrogen and oxygen atoms in total. The molecule has 6 heteroatoms. The van der Waals surface area contributed by atoms with Crippen molar-refractivity contribution in [1.29, 1.82) is 0 Å². The van der Waals surface area contributed by atoms with Crippen molar-refractivity contribution >= 4 is 29.0 Å². The normalized spacial score (nSPS) is 11.5. The molecule has 0 aliphatic carbocycles. The van der Waals surface area contributed by atoms with Crippen molar-refractivity contribution in [2.45, 2.75) is 25.8 Å². The molecule has 0 radical (unpaired) electrons. The van der Waals surface area contributed by atoms with Crippen LogP contribution in [-0.4, -0.2) is 30.3 Å². The molecule has 0 bridgehead atoms. The Bertz CT molecular complexity index is 682. The monoisotopic (exact) mass is 345 g/mol. The molecule has 1 N–H and O–H groups in total. The Morgan fingerprint density at radius 3 is 2.50 bits per heavy atom. The number of carbonyl (C=O) groups is 3. The summed E-state index contributed by atoms with van der Waals surface area (Å²) in [5.41, 5.74) is 1.81. The van der Waals surface area contributed by atoms with E-state index in [0.29, 0.717) is 6.42 Å². The number of thiophene rings is 1. The SMILES string of the molecule is CC(=O)[C@H](Cc1ccccc1)NC(=O)COC(=O)Cc1ccsc1. The molecule has 1 heterocycles. The molecule has 1 aromatic heterocycles. The lowest BCUT2D eigenvalue weighted by atomic mass is 10.0. The molecule has 0 unspecified atom stereocenters. The van der Waals surface area contributed by atoms with Gasteiger partial charge in [0.1, 0.15) is 0 Å². The minimum atomic E-state index is -0.629. The zero-order chi connectivity index (χ0) is 17.4. The van der Waals surface area contributed by atoms with Gasteiger partial charge >= 0.3 is 5.97 Å². The van der Waals surface area contributed by atoms with Gasteiger partial charge in [-0.2, -0.15) is 11.3 Å². The topological polar surface area (TPSA) is 72.5 Å². The molecule has 1 aromatic carbocycles. The van der Waals surface area contributed by atoms with Crippen molar-refractivity contribution in [3.63, 3.8) is 0 Å². The maximum absolute atomic E-state index is 11.9. The third kappa shape index (κ3) is 5.96. The third-order valence-electron chi connectivity index (χ3n) is 3.40. The summed E-state index contributed by atoms with van der Waals surface area (Å²) in [6.07, 6.45) is 0.543. The first-order valence-electron chi connectivity index (χ1n) is 7.55. The summed E-state index contributed by atoms with van der Waals surface area (Å²) in [6.45, 7) is 1.04. The minimum absolute atomic E-state index is 0.136. The van der Waals surface area contributed by atoms with Crippen LogP contribution in [0.3, 0.4) is 0 Å². The van der Waals surface area contributed by atoms with E-state index >= 15 is 0 Å². The van der Waals surface area contributed by atoms with Crippen LogP contribution in [0.25, 0.3) is 0 Å². The number of ether oxygens (including phenoxy) is 1. The van der Waals surface area contributed by atoms with Gasteiger partial charge < -0.3 is 10.1 Å². The highest BCUT2D eigenvalue weighted by atomic mass is 32.1. The number of carbonyl (C=O) groups excluding carboxylic acids is 3. The van der Waals surface area contributed by atoms with Crippen molar-refractivity contribution in [2.24, 2.45) is 0 Å². The van der Waals surface area contributed by atoms with Crippen LogP contribution in [0.4, 0.5) is 0 Å². The van der Waals surface area contributed by atoms with E-state index in [1.807, 2.05) is 47.2 Å². The highest BCUT2D eigenvalue weighted by molar-refractivity contribution is 7.07. The summed E-state index contributed by atoms with van der Waals surface area (Å²) in [5.74, 6) is -1.09. The predicted molar refractivity (Wildman–Crippen MR) is 91.7 cm³/mol. The standard InChI is InChI=1S/C18H19NO4S/c1-13(20)16(9-14-5-3-2-4-6-14)19-17(21)11-23-18(22)10-15-7-8-24-12-15/h2-8,12,16H,9-11H2,1H3,(H,19,21)/t16-/m0/s1. The van der Waals surface area contributed by atoms with Gasteiger partial charge in [-0.15, -0.1) is 0 Å². The van der Waals surface area contributed by atoms with Crippen molar-refractivity contribution in [2.75, 3.05) is 6.61 Å². The Morgan fingerprint density at radius 2 is 1.88 bits per heavy atom. The molecule has 24 heavy (non-hydrogen) atoms. The van der Waals surface area contributed by atoms with Gasteiger partial charge in [0, 0.05) is 0 Å². The fraction of sp³-hybridized carbons (Fsp3) is 0.278. The summed E-state index contributed by atoms with van der Waals surface area (Å²) >= 11 is 1.49. The molecular weight excluding hydrogens is 326 g/mol. The number of nitrogens with one attached hydrogen (secondary N) is 1. The van der Waals surface area contributed by atoms with Crippen LogP contribution in [-0.2, 0) is 32.0 Å². The molecule has 0 saturated carbocycles. The van der Waals surface area contributed by atoms with E-state index < -0.39 is 17.9 Å². The van der Waals surface area contributed by atoms with Crippen LogP contribution in [0.2, 0.25) is 0 Å². The summed E-state index contributed by atoms with van der Waals surface area (Å²) < 4.78 is 4.95. The van der Waals surface area contributed by atoms with E-state index in [0.717, 1.165) is 11.1 Å². The van der Waals surface area contributed by atoms with E-state index in [9.17, 15) is 14.4 Å². The van der Waals surface area contributed by atoms with Crippen molar-refractivity contribution < 1.29 is 19.1 Å². The van der Waals surface area contributed by atoms with E-state index in [2.05, 4.69) is 5.32 Å². The third-order valence-corrected chi connectivity index (χ3v) is 4.13. The van der Waals surface area contributed by atoms with Gasteiger partial charge in [0.05, 0.1) is 12.5 Å². The molecule has 2 rings (SSSR count). The Hall–Kier alpha value is -2.47. The Morgan fingerprint density at radius 1 is 1.12 bits per heavy atom. The largest absolute Gasteiger partial charge is 0.455 e. The average molecular weight is 345 g/mol. The molecule has 1 amide bonds. The van der Waals surface area contributed by atoms with Crippen LogP contribution in [0, 0.1) is 0 Å².